The molecule has 2 fully saturated rings. The molecule has 2 aromatic carbocycles. The first-order valence-corrected chi connectivity index (χ1v) is 8.92. The van der Waals surface area contributed by atoms with Crippen molar-refractivity contribution < 1.29 is 24.4 Å². The van der Waals surface area contributed by atoms with E-state index >= 15 is 0 Å². The monoisotopic (exact) mass is 356 g/mol. The molecule has 0 spiro atoms. The summed E-state index contributed by atoms with van der Waals surface area (Å²) in [5.74, 6) is 0.485. The third-order valence-electron chi connectivity index (χ3n) is 5.31. The van der Waals surface area contributed by atoms with Crippen LogP contribution in [0.15, 0.2) is 48.5 Å². The predicted octanol–water partition coefficient (Wildman–Crippen LogP) is 2.98. The number of phenolic OH excluding ortho intramolecular Hbond substituents is 2. The van der Waals surface area contributed by atoms with Gasteiger partial charge in [-0.1, -0.05) is 31.2 Å². The molecule has 2 N–H and O–H groups in total. The van der Waals surface area contributed by atoms with Gasteiger partial charge in [0, 0.05) is 5.41 Å². The second-order valence-electron chi connectivity index (χ2n) is 7.54. The summed E-state index contributed by atoms with van der Waals surface area (Å²) >= 11 is 0. The minimum atomic E-state index is -0.336. The number of benzene rings is 2. The van der Waals surface area contributed by atoms with Crippen LogP contribution in [0.1, 0.15) is 24.5 Å². The van der Waals surface area contributed by atoms with Crippen molar-refractivity contribution in [3.63, 3.8) is 0 Å². The zero-order valence-electron chi connectivity index (χ0n) is 14.9. The van der Waals surface area contributed by atoms with E-state index in [2.05, 4.69) is 6.92 Å². The molecule has 2 atom stereocenters. The van der Waals surface area contributed by atoms with Crippen molar-refractivity contribution in [3.8, 4) is 11.5 Å². The molecule has 0 aromatic heterocycles. The van der Waals surface area contributed by atoms with E-state index in [1.54, 1.807) is 24.3 Å². The van der Waals surface area contributed by atoms with Crippen molar-refractivity contribution in [2.75, 3.05) is 26.4 Å². The van der Waals surface area contributed by atoms with E-state index in [1.165, 1.54) is 0 Å². The highest BCUT2D eigenvalue weighted by Gasteiger charge is 2.51. The standard InChI is InChI=1S/C21H24O5/c1-20(15-2-6-17(22)7-3-15,16-4-8-18(23)9-5-16)12-21(14-26-21)13-24-10-19-11-25-19/h2-9,19,22-23H,10-14H2,1H3. The molecule has 2 aliphatic heterocycles. The van der Waals surface area contributed by atoms with Crippen molar-refractivity contribution in [3.05, 3.63) is 59.7 Å². The Labute approximate surface area is 153 Å². The first-order chi connectivity index (χ1) is 12.5. The molecule has 0 amide bonds. The van der Waals surface area contributed by atoms with Gasteiger partial charge in [0.1, 0.15) is 23.2 Å². The van der Waals surface area contributed by atoms with Crippen LogP contribution in [0.2, 0.25) is 0 Å². The van der Waals surface area contributed by atoms with Gasteiger partial charge in [-0.05, 0) is 41.8 Å². The Morgan fingerprint density at radius 1 is 1.04 bits per heavy atom. The summed E-state index contributed by atoms with van der Waals surface area (Å²) in [6.45, 7) is 4.77. The van der Waals surface area contributed by atoms with Crippen LogP contribution in [0.5, 0.6) is 11.5 Å². The second kappa shape index (κ2) is 6.58. The van der Waals surface area contributed by atoms with Crippen molar-refractivity contribution in [2.24, 2.45) is 0 Å². The lowest BCUT2D eigenvalue weighted by Gasteiger charge is -2.33. The summed E-state index contributed by atoms with van der Waals surface area (Å²) in [5, 5.41) is 19.3. The van der Waals surface area contributed by atoms with Crippen molar-refractivity contribution in [2.45, 2.75) is 30.5 Å². The minimum Gasteiger partial charge on any atom is -0.508 e. The number of hydrogen-bond acceptors (Lipinski definition) is 5. The van der Waals surface area contributed by atoms with Crippen LogP contribution in [0.4, 0.5) is 0 Å². The quantitative estimate of drug-likeness (QED) is 0.711. The number of hydrogen-bond donors (Lipinski definition) is 2. The van der Waals surface area contributed by atoms with Crippen LogP contribution in [0, 0.1) is 0 Å². The molecule has 0 bridgehead atoms. The SMILES string of the molecule is CC(CC1(COCC2CO2)CO1)(c1ccc(O)cc1)c1ccc(O)cc1. The molecule has 0 saturated carbocycles. The van der Waals surface area contributed by atoms with Gasteiger partial charge in [-0.25, -0.2) is 0 Å². The zero-order chi connectivity index (χ0) is 18.2. The maximum atomic E-state index is 9.66. The van der Waals surface area contributed by atoms with Gasteiger partial charge in [0.15, 0.2) is 0 Å². The van der Waals surface area contributed by atoms with Crippen molar-refractivity contribution in [1.29, 1.82) is 0 Å². The van der Waals surface area contributed by atoms with E-state index in [4.69, 9.17) is 14.2 Å². The van der Waals surface area contributed by atoms with Gasteiger partial charge in [0.2, 0.25) is 0 Å². The third kappa shape index (κ3) is 3.70. The average Bonchev–Trinajstić information content (AvgIpc) is 3.54. The van der Waals surface area contributed by atoms with Gasteiger partial charge in [-0.15, -0.1) is 0 Å². The molecule has 4 rings (SSSR count). The maximum Gasteiger partial charge on any atom is 0.116 e. The predicted molar refractivity (Wildman–Crippen MR) is 96.5 cm³/mol. The highest BCUT2D eigenvalue weighted by molar-refractivity contribution is 5.43. The Bertz CT molecular complexity index is 699. The lowest BCUT2D eigenvalue weighted by Crippen LogP contribution is -2.34. The molecule has 2 aliphatic rings. The van der Waals surface area contributed by atoms with Crippen LogP contribution < -0.4 is 0 Å². The Hall–Kier alpha value is -2.08. The molecule has 26 heavy (non-hydrogen) atoms. The highest BCUT2D eigenvalue weighted by atomic mass is 16.6. The number of aromatic hydroxyl groups is 2. The van der Waals surface area contributed by atoms with E-state index in [-0.39, 0.29) is 28.6 Å². The summed E-state index contributed by atoms with van der Waals surface area (Å²) in [7, 11) is 0. The molecule has 2 saturated heterocycles. The lowest BCUT2D eigenvalue weighted by atomic mass is 9.70. The zero-order valence-corrected chi connectivity index (χ0v) is 14.9. The minimum absolute atomic E-state index is 0.242. The largest absolute Gasteiger partial charge is 0.508 e. The topological polar surface area (TPSA) is 74.8 Å². The van der Waals surface area contributed by atoms with Gasteiger partial charge < -0.3 is 24.4 Å². The van der Waals surface area contributed by atoms with Crippen LogP contribution in [0.25, 0.3) is 0 Å². The molecule has 0 radical (unpaired) electrons. The van der Waals surface area contributed by atoms with E-state index in [0.717, 1.165) is 24.2 Å². The van der Waals surface area contributed by atoms with Gasteiger partial charge in [0.05, 0.1) is 26.4 Å². The fourth-order valence-electron chi connectivity index (χ4n) is 3.55. The Kier molecular flexibility index (Phi) is 4.39. The van der Waals surface area contributed by atoms with Gasteiger partial charge in [-0.3, -0.25) is 0 Å². The van der Waals surface area contributed by atoms with E-state index in [9.17, 15) is 10.2 Å². The van der Waals surface area contributed by atoms with Gasteiger partial charge >= 0.3 is 0 Å². The van der Waals surface area contributed by atoms with E-state index < -0.39 is 0 Å². The van der Waals surface area contributed by atoms with Crippen LogP contribution in [0.3, 0.4) is 0 Å². The van der Waals surface area contributed by atoms with E-state index in [1.807, 2.05) is 24.3 Å². The Balaban J connectivity index is 1.59. The highest BCUT2D eigenvalue weighted by Crippen LogP contribution is 2.46. The molecule has 5 nitrogen and oxygen atoms in total. The molecular weight excluding hydrogens is 332 g/mol. The molecule has 5 heteroatoms. The Morgan fingerprint density at radius 3 is 1.96 bits per heavy atom. The van der Waals surface area contributed by atoms with Crippen LogP contribution in [-0.4, -0.2) is 48.3 Å². The fraction of sp³-hybridized carbons (Fsp3) is 0.429. The Morgan fingerprint density at radius 2 is 1.54 bits per heavy atom. The number of epoxide rings is 2. The van der Waals surface area contributed by atoms with Gasteiger partial charge in [-0.2, -0.15) is 0 Å². The summed E-state index contributed by atoms with van der Waals surface area (Å²) in [4.78, 5) is 0. The summed E-state index contributed by atoms with van der Waals surface area (Å²) < 4.78 is 16.8. The molecule has 2 heterocycles. The lowest BCUT2D eigenvalue weighted by molar-refractivity contribution is 0.0585. The summed E-state index contributed by atoms with van der Waals surface area (Å²) in [6, 6.07) is 14.6. The molecule has 0 aliphatic carbocycles. The van der Waals surface area contributed by atoms with Crippen LogP contribution in [-0.2, 0) is 19.6 Å². The molecule has 2 unspecified atom stereocenters. The number of ether oxygens (including phenoxy) is 3. The first kappa shape index (κ1) is 17.3. The third-order valence-corrected chi connectivity index (χ3v) is 5.31. The molecule has 2 aromatic rings. The molecule has 138 valence electrons. The number of phenols is 2. The van der Waals surface area contributed by atoms with E-state index in [0.29, 0.717) is 19.8 Å². The fourth-order valence-corrected chi connectivity index (χ4v) is 3.55. The number of rotatable bonds is 8. The normalized spacial score (nSPS) is 24.4. The smallest absolute Gasteiger partial charge is 0.116 e. The van der Waals surface area contributed by atoms with Crippen molar-refractivity contribution >= 4 is 0 Å². The first-order valence-electron chi connectivity index (χ1n) is 8.92. The summed E-state index contributed by atoms with van der Waals surface area (Å²) in [5.41, 5.74) is 1.53. The average molecular weight is 356 g/mol. The van der Waals surface area contributed by atoms with Crippen LogP contribution >= 0.6 is 0 Å². The summed E-state index contributed by atoms with van der Waals surface area (Å²) in [6.07, 6.45) is 0.993. The molecular formula is C21H24O5. The second-order valence-corrected chi connectivity index (χ2v) is 7.54. The van der Waals surface area contributed by atoms with Gasteiger partial charge in [0.25, 0.3) is 0 Å². The van der Waals surface area contributed by atoms with Crippen molar-refractivity contribution in [1.82, 2.24) is 0 Å². The maximum absolute atomic E-state index is 9.66.